The van der Waals surface area contributed by atoms with Crippen LogP contribution in [0.15, 0.2) is 0 Å². The molecule has 7 heteroatoms. The molecule has 0 aromatic rings. The molecule has 0 aliphatic carbocycles. The summed E-state index contributed by atoms with van der Waals surface area (Å²) in [6.45, 7) is 0. The molecular formula is H4KNO3S2. The van der Waals surface area contributed by atoms with Gasteiger partial charge in [0.2, 0.25) is 0 Å². The fourth-order valence-corrected chi connectivity index (χ4v) is 0. The molecule has 0 aromatic heterocycles. The van der Waals surface area contributed by atoms with Crippen LogP contribution in [-0.4, -0.2) is 13.3 Å². The molecular weight excluding hydrogens is 165 g/mol. The first-order chi connectivity index (χ1) is 2.00. The predicted molar refractivity (Wildman–Crippen MR) is 23.0 cm³/mol. The maximum Gasteiger partial charge on any atom is 1.00 e. The van der Waals surface area contributed by atoms with E-state index < -0.39 is 9.05 Å². The van der Waals surface area contributed by atoms with Crippen molar-refractivity contribution in [2.45, 2.75) is 0 Å². The zero-order valence-electron chi connectivity index (χ0n) is 4.04. The van der Waals surface area contributed by atoms with E-state index in [0.717, 1.165) is 0 Å². The molecule has 4 nitrogen and oxygen atoms in total. The van der Waals surface area contributed by atoms with Crippen LogP contribution in [0.4, 0.5) is 0 Å². The smallest absolute Gasteiger partial charge is 0.780 e. The van der Waals surface area contributed by atoms with E-state index in [1.54, 1.807) is 0 Å². The summed E-state index contributed by atoms with van der Waals surface area (Å²) in [5.41, 5.74) is 0. The monoisotopic (exact) mass is 169 g/mol. The number of rotatable bonds is 0. The van der Waals surface area contributed by atoms with Gasteiger partial charge in [-0.2, -0.15) is 0 Å². The van der Waals surface area contributed by atoms with E-state index in [2.05, 4.69) is 11.2 Å². The first-order valence-electron chi connectivity index (χ1n) is 0.667. The Morgan fingerprint density at radius 2 is 1.43 bits per heavy atom. The van der Waals surface area contributed by atoms with Gasteiger partial charge in [0.1, 0.15) is 0 Å². The van der Waals surface area contributed by atoms with Gasteiger partial charge in [-0.3, -0.25) is 4.21 Å². The van der Waals surface area contributed by atoms with Gasteiger partial charge in [0, 0.05) is 0 Å². The van der Waals surface area contributed by atoms with E-state index in [1.807, 2.05) is 0 Å². The summed E-state index contributed by atoms with van der Waals surface area (Å²) in [5, 5.41) is 0. The van der Waals surface area contributed by atoms with Crippen LogP contribution < -0.4 is 57.5 Å². The van der Waals surface area contributed by atoms with Crippen LogP contribution in [0.1, 0.15) is 0 Å². The molecule has 0 amide bonds. The molecule has 0 fully saturated rings. The van der Waals surface area contributed by atoms with Gasteiger partial charge in [-0.1, -0.05) is 0 Å². The Hall–Kier alpha value is 1.89. The maximum absolute atomic E-state index is 8.89. The van der Waals surface area contributed by atoms with Gasteiger partial charge in [0.05, 0.1) is 0 Å². The largest absolute Gasteiger partial charge is 1.00 e. The Morgan fingerprint density at radius 3 is 1.43 bits per heavy atom. The van der Waals surface area contributed by atoms with Crippen LogP contribution >= 0.6 is 0 Å². The summed E-state index contributed by atoms with van der Waals surface area (Å²) in [6, 6.07) is 0. The SMILES string of the molecule is O=S([O-])([O-])=S.[K+].[NH4+]. The van der Waals surface area contributed by atoms with E-state index in [0.29, 0.717) is 0 Å². The summed E-state index contributed by atoms with van der Waals surface area (Å²) in [6.07, 6.45) is 0. The predicted octanol–water partition coefficient (Wildman–Crippen LogP) is -3.63. The first kappa shape index (κ1) is 16.0. The van der Waals surface area contributed by atoms with Crippen molar-refractivity contribution in [3.05, 3.63) is 0 Å². The Kier molecular flexibility index (Phi) is 13.7. The third-order valence-electron chi connectivity index (χ3n) is 0. The average Bonchev–Trinajstić information content (AvgIpc) is 0.722. The second-order valence-corrected chi connectivity index (χ2v) is 2.45. The maximum atomic E-state index is 8.89. The van der Waals surface area contributed by atoms with Crippen LogP contribution in [0.3, 0.4) is 0 Å². The average molecular weight is 169 g/mol. The summed E-state index contributed by atoms with van der Waals surface area (Å²) in [4.78, 5) is 0. The van der Waals surface area contributed by atoms with Gasteiger partial charge in [-0.05, 0) is 11.2 Å². The van der Waals surface area contributed by atoms with Crippen molar-refractivity contribution >= 4 is 20.2 Å². The van der Waals surface area contributed by atoms with Gasteiger partial charge in [0.25, 0.3) is 0 Å². The molecule has 0 rings (SSSR count). The van der Waals surface area contributed by atoms with Crippen LogP contribution in [0.5, 0.6) is 0 Å². The molecule has 0 saturated heterocycles. The Bertz CT molecular complexity index is 96.1. The van der Waals surface area contributed by atoms with E-state index in [9.17, 15) is 0 Å². The molecule has 40 valence electrons. The van der Waals surface area contributed by atoms with Crippen molar-refractivity contribution in [1.82, 2.24) is 6.15 Å². The third-order valence-corrected chi connectivity index (χ3v) is 0. The summed E-state index contributed by atoms with van der Waals surface area (Å²) in [7, 11) is -4.33. The Balaban J connectivity index is -0.0000000800. The molecule has 0 unspecified atom stereocenters. The second-order valence-electron chi connectivity index (χ2n) is 0.408. The molecule has 0 bridgehead atoms. The zero-order valence-corrected chi connectivity index (χ0v) is 8.80. The van der Waals surface area contributed by atoms with Crippen LogP contribution in [0.2, 0.25) is 0 Å². The molecule has 0 atom stereocenters. The fourth-order valence-electron chi connectivity index (χ4n) is 0. The quantitative estimate of drug-likeness (QED) is 0.378. The van der Waals surface area contributed by atoms with Crippen molar-refractivity contribution in [2.75, 3.05) is 0 Å². The molecule has 0 spiro atoms. The van der Waals surface area contributed by atoms with Crippen LogP contribution in [0.25, 0.3) is 0 Å². The molecule has 0 aromatic carbocycles. The van der Waals surface area contributed by atoms with E-state index >= 15 is 0 Å². The van der Waals surface area contributed by atoms with Gasteiger partial charge < -0.3 is 15.3 Å². The van der Waals surface area contributed by atoms with Gasteiger partial charge in [-0.25, -0.2) is 0 Å². The Labute approximate surface area is 89.4 Å². The van der Waals surface area contributed by atoms with Crippen molar-refractivity contribution in [2.24, 2.45) is 0 Å². The second kappa shape index (κ2) is 6.01. The summed E-state index contributed by atoms with van der Waals surface area (Å²) >= 11 is 3.24. The van der Waals surface area contributed by atoms with Crippen molar-refractivity contribution in [3.63, 3.8) is 0 Å². The van der Waals surface area contributed by atoms with Crippen molar-refractivity contribution < 1.29 is 64.7 Å². The summed E-state index contributed by atoms with van der Waals surface area (Å²) < 4.78 is 26.7. The van der Waals surface area contributed by atoms with Gasteiger partial charge in [-0.15, -0.1) is 9.05 Å². The van der Waals surface area contributed by atoms with E-state index in [-0.39, 0.29) is 57.5 Å². The molecule has 0 heterocycles. The van der Waals surface area contributed by atoms with E-state index in [1.165, 1.54) is 0 Å². The minimum absolute atomic E-state index is 0. The van der Waals surface area contributed by atoms with Crippen LogP contribution in [-0.2, 0) is 20.2 Å². The summed E-state index contributed by atoms with van der Waals surface area (Å²) in [5.74, 6) is 0. The molecule has 0 radical (unpaired) electrons. The normalized spacial score (nSPS) is 8.29. The third kappa shape index (κ3) is 76.8. The van der Waals surface area contributed by atoms with Crippen LogP contribution in [0, 0.1) is 0 Å². The number of quaternary nitrogens is 1. The Morgan fingerprint density at radius 1 is 1.43 bits per heavy atom. The van der Waals surface area contributed by atoms with Gasteiger partial charge in [0.15, 0.2) is 0 Å². The fraction of sp³-hybridized carbons (Fsp3) is 0. The standard InChI is InChI=1S/K.H3N.H2O3S2/c;;1-5(2,3)4/h;1H3;(H2,1,2,3,4)/q+1;;/p-1. The van der Waals surface area contributed by atoms with Gasteiger partial charge >= 0.3 is 51.4 Å². The van der Waals surface area contributed by atoms with Crippen molar-refractivity contribution in [3.8, 4) is 0 Å². The van der Waals surface area contributed by atoms with Crippen molar-refractivity contribution in [1.29, 1.82) is 0 Å². The van der Waals surface area contributed by atoms with E-state index in [4.69, 9.17) is 13.3 Å². The topological polar surface area (TPSA) is 99.7 Å². The number of hydrogen-bond donors (Lipinski definition) is 1. The number of hydrogen-bond acceptors (Lipinski definition) is 4. The molecule has 0 aliphatic rings. The molecule has 0 saturated carbocycles. The first-order valence-corrected chi connectivity index (χ1v) is 3.00. The molecule has 0 aliphatic heterocycles. The molecule has 7 heavy (non-hydrogen) atoms. The minimum atomic E-state index is -4.33. The zero-order chi connectivity index (χ0) is 4.50. The molecule has 4 N–H and O–H groups in total. The minimum Gasteiger partial charge on any atom is -0.780 e.